The van der Waals surface area contributed by atoms with Crippen LogP contribution in [0, 0.1) is 5.82 Å². The van der Waals surface area contributed by atoms with Gasteiger partial charge >= 0.3 is 11.8 Å². The zero-order valence-electron chi connectivity index (χ0n) is 10.9. The van der Waals surface area contributed by atoms with Crippen LogP contribution >= 0.6 is 0 Å². The first-order chi connectivity index (χ1) is 9.42. The van der Waals surface area contributed by atoms with E-state index in [1.54, 1.807) is 6.92 Å². The Kier molecular flexibility index (Phi) is 4.00. The number of hydrogen-bond acceptors (Lipinski definition) is 6. The van der Waals surface area contributed by atoms with Crippen molar-refractivity contribution in [1.82, 2.24) is 9.55 Å². The molecule has 0 bridgehead atoms. The number of nitrogens with one attached hydrogen (secondary N) is 1. The number of aromatic nitrogens is 2. The molecule has 9 heteroatoms. The van der Waals surface area contributed by atoms with Gasteiger partial charge in [-0.15, -0.1) is 0 Å². The highest BCUT2D eigenvalue weighted by atomic mass is 19.1. The normalized spacial score (nSPS) is 25.5. The highest BCUT2D eigenvalue weighted by molar-refractivity contribution is 5.83. The molecule has 0 saturated carbocycles. The first-order valence-corrected chi connectivity index (χ1v) is 5.89. The molecular weight excluding hydrogens is 273 g/mol. The summed E-state index contributed by atoms with van der Waals surface area (Å²) >= 11 is 0. The summed E-state index contributed by atoms with van der Waals surface area (Å²) in [6.45, 7) is 1.65. The molecule has 1 saturated heterocycles. The number of nitrogens with zero attached hydrogens (tertiary/aromatic N) is 2. The second kappa shape index (κ2) is 5.55. The van der Waals surface area contributed by atoms with E-state index >= 15 is 0 Å². The molecule has 3 atom stereocenters. The third-order valence-electron chi connectivity index (χ3n) is 2.98. The predicted octanol–water partition coefficient (Wildman–Crippen LogP) is 0.229. The number of aliphatic hydroxyl groups is 1. The summed E-state index contributed by atoms with van der Waals surface area (Å²) in [5.41, 5.74) is -0.802. The number of carbonyl (C=O) groups is 1. The largest absolute Gasteiger partial charge is 0.453 e. The van der Waals surface area contributed by atoms with E-state index in [1.165, 1.54) is 0 Å². The van der Waals surface area contributed by atoms with Crippen LogP contribution in [0.5, 0.6) is 0 Å². The van der Waals surface area contributed by atoms with E-state index in [2.05, 4.69) is 9.72 Å². The van der Waals surface area contributed by atoms with Crippen molar-refractivity contribution < 1.29 is 23.8 Å². The van der Waals surface area contributed by atoms with Crippen molar-refractivity contribution in [2.75, 3.05) is 12.4 Å². The Hall–Kier alpha value is -2.00. The van der Waals surface area contributed by atoms with E-state index in [1.807, 2.05) is 5.32 Å². The molecule has 1 unspecified atom stereocenters. The lowest BCUT2D eigenvalue weighted by Crippen LogP contribution is -2.29. The Bertz CT molecular complexity index is 566. The van der Waals surface area contributed by atoms with Crippen molar-refractivity contribution in [2.45, 2.75) is 31.8 Å². The number of methoxy groups -OCH3 is 1. The Balaban J connectivity index is 2.27. The van der Waals surface area contributed by atoms with Crippen LogP contribution in [-0.4, -0.2) is 40.1 Å². The number of hydrogen-bond donors (Lipinski definition) is 2. The minimum atomic E-state index is -0.935. The Morgan fingerprint density at radius 2 is 2.40 bits per heavy atom. The third kappa shape index (κ3) is 2.78. The van der Waals surface area contributed by atoms with E-state index in [9.17, 15) is 19.1 Å². The molecule has 1 aliphatic rings. The monoisotopic (exact) mass is 287 g/mol. The van der Waals surface area contributed by atoms with E-state index in [-0.39, 0.29) is 6.42 Å². The van der Waals surface area contributed by atoms with Crippen LogP contribution in [0.25, 0.3) is 0 Å². The second-order valence-electron chi connectivity index (χ2n) is 4.34. The zero-order valence-corrected chi connectivity index (χ0v) is 10.9. The van der Waals surface area contributed by atoms with Crippen molar-refractivity contribution in [3.8, 4) is 0 Å². The Labute approximate surface area is 113 Å². The number of aliphatic hydroxyl groups excluding tert-OH is 1. The summed E-state index contributed by atoms with van der Waals surface area (Å²) in [6.07, 6.45) is -1.89. The minimum absolute atomic E-state index is 0.159. The summed E-state index contributed by atoms with van der Waals surface area (Å²) in [5.74, 6) is -1.43. The van der Waals surface area contributed by atoms with Gasteiger partial charge in [-0.2, -0.15) is 4.98 Å². The van der Waals surface area contributed by atoms with Gasteiger partial charge in [0.1, 0.15) is 6.23 Å². The number of halogens is 1. The lowest BCUT2D eigenvalue weighted by atomic mass is 10.2. The summed E-state index contributed by atoms with van der Waals surface area (Å²) in [4.78, 5) is 26.2. The molecule has 1 aromatic rings. The van der Waals surface area contributed by atoms with Crippen LogP contribution < -0.4 is 11.0 Å². The summed E-state index contributed by atoms with van der Waals surface area (Å²) in [6, 6.07) is 0. The molecule has 0 radical (unpaired) electrons. The average Bonchev–Trinajstić information content (AvgIpc) is 2.73. The number of amides is 1. The zero-order chi connectivity index (χ0) is 14.9. The molecule has 2 N–H and O–H groups in total. The van der Waals surface area contributed by atoms with Crippen LogP contribution in [0.3, 0.4) is 0 Å². The molecule has 1 aliphatic heterocycles. The highest BCUT2D eigenvalue weighted by Crippen LogP contribution is 2.27. The molecule has 0 aliphatic carbocycles. The number of carbonyl (C=O) groups excluding carboxylic acids is 1. The van der Waals surface area contributed by atoms with Gasteiger partial charge in [0.05, 0.1) is 25.5 Å². The van der Waals surface area contributed by atoms with Gasteiger partial charge in [-0.3, -0.25) is 9.88 Å². The number of rotatable bonds is 2. The number of ether oxygens (including phenoxy) is 2. The lowest BCUT2D eigenvalue weighted by molar-refractivity contribution is -0.0104. The fourth-order valence-electron chi connectivity index (χ4n) is 1.86. The van der Waals surface area contributed by atoms with Crippen molar-refractivity contribution in [3.63, 3.8) is 0 Å². The standard InChI is InChI=1S/C11H14FN3O5/c1-5-7(16)3-8(20-5)15-4-6(12)9(13-10(15)17)14-11(18)19-2/h4-5,7-8,16H,3H2,1-2H3,(H,13,14,17,18)/t5-,7+,8?/m1/s1. The van der Waals surface area contributed by atoms with Gasteiger partial charge in [-0.1, -0.05) is 0 Å². The van der Waals surface area contributed by atoms with Crippen molar-refractivity contribution >= 4 is 11.9 Å². The van der Waals surface area contributed by atoms with Gasteiger partial charge in [0, 0.05) is 6.42 Å². The molecule has 1 aromatic heterocycles. The molecular formula is C11H14FN3O5. The van der Waals surface area contributed by atoms with Gasteiger partial charge in [-0.25, -0.2) is 14.0 Å². The summed E-state index contributed by atoms with van der Waals surface area (Å²) < 4.78 is 24.3. The average molecular weight is 287 g/mol. The molecule has 2 heterocycles. The second-order valence-corrected chi connectivity index (χ2v) is 4.34. The minimum Gasteiger partial charge on any atom is -0.453 e. The SMILES string of the molecule is COC(=O)Nc1nc(=O)n(C2C[C@H](O)[C@@H](C)O2)cc1F. The van der Waals surface area contributed by atoms with E-state index in [4.69, 9.17) is 4.74 Å². The van der Waals surface area contributed by atoms with Crippen LogP contribution in [0.15, 0.2) is 11.0 Å². The Morgan fingerprint density at radius 3 is 2.95 bits per heavy atom. The number of anilines is 1. The first-order valence-electron chi connectivity index (χ1n) is 5.89. The van der Waals surface area contributed by atoms with Crippen molar-refractivity contribution in [2.24, 2.45) is 0 Å². The molecule has 20 heavy (non-hydrogen) atoms. The van der Waals surface area contributed by atoms with Crippen LogP contribution in [0.4, 0.5) is 15.0 Å². The molecule has 110 valence electrons. The maximum Gasteiger partial charge on any atom is 0.412 e. The van der Waals surface area contributed by atoms with E-state index in [0.29, 0.717) is 0 Å². The van der Waals surface area contributed by atoms with Gasteiger partial charge in [-0.05, 0) is 6.92 Å². The van der Waals surface area contributed by atoms with Gasteiger partial charge in [0.2, 0.25) is 0 Å². The van der Waals surface area contributed by atoms with Crippen LogP contribution in [0.2, 0.25) is 0 Å². The van der Waals surface area contributed by atoms with Crippen LogP contribution in [-0.2, 0) is 9.47 Å². The molecule has 1 fully saturated rings. The maximum atomic E-state index is 13.8. The lowest BCUT2D eigenvalue weighted by Gasteiger charge is -2.14. The van der Waals surface area contributed by atoms with Gasteiger partial charge in [0.15, 0.2) is 11.6 Å². The van der Waals surface area contributed by atoms with Crippen molar-refractivity contribution in [3.05, 3.63) is 22.5 Å². The molecule has 8 nitrogen and oxygen atoms in total. The molecule has 0 aromatic carbocycles. The fraction of sp³-hybridized carbons (Fsp3) is 0.545. The van der Waals surface area contributed by atoms with E-state index < -0.39 is 41.9 Å². The highest BCUT2D eigenvalue weighted by Gasteiger charge is 2.32. The summed E-state index contributed by atoms with van der Waals surface area (Å²) in [7, 11) is 1.10. The van der Waals surface area contributed by atoms with Gasteiger partial charge < -0.3 is 14.6 Å². The third-order valence-corrected chi connectivity index (χ3v) is 2.98. The molecule has 0 spiro atoms. The smallest absolute Gasteiger partial charge is 0.412 e. The molecule has 1 amide bonds. The van der Waals surface area contributed by atoms with Crippen LogP contribution in [0.1, 0.15) is 19.6 Å². The van der Waals surface area contributed by atoms with E-state index in [0.717, 1.165) is 17.9 Å². The van der Waals surface area contributed by atoms with Gasteiger partial charge in [0.25, 0.3) is 0 Å². The molecule has 2 rings (SSSR count). The summed E-state index contributed by atoms with van der Waals surface area (Å²) in [5, 5.41) is 11.6. The fourth-order valence-corrected chi connectivity index (χ4v) is 1.86. The maximum absolute atomic E-state index is 13.8. The predicted molar refractivity (Wildman–Crippen MR) is 64.7 cm³/mol. The van der Waals surface area contributed by atoms with Crippen molar-refractivity contribution in [1.29, 1.82) is 0 Å². The quantitative estimate of drug-likeness (QED) is 0.807. The topological polar surface area (TPSA) is 103 Å². The first kappa shape index (κ1) is 14.4. The Morgan fingerprint density at radius 1 is 1.70 bits per heavy atom.